The van der Waals surface area contributed by atoms with Gasteiger partial charge in [-0.05, 0) is 44.6 Å². The Labute approximate surface area is 120 Å². The minimum atomic E-state index is -0.332. The number of methoxy groups -OCH3 is 1. The molecule has 0 spiro atoms. The number of aromatic nitrogens is 2. The van der Waals surface area contributed by atoms with Crippen molar-refractivity contribution in [2.75, 3.05) is 20.2 Å². The second kappa shape index (κ2) is 5.82. The third-order valence-electron chi connectivity index (χ3n) is 4.84. The molecule has 2 unspecified atom stereocenters. The molecule has 1 N–H and O–H groups in total. The second-order valence-corrected chi connectivity index (χ2v) is 6.40. The Morgan fingerprint density at radius 3 is 2.95 bits per heavy atom. The van der Waals surface area contributed by atoms with Crippen molar-refractivity contribution in [3.8, 4) is 0 Å². The van der Waals surface area contributed by atoms with E-state index in [0.717, 1.165) is 44.1 Å². The van der Waals surface area contributed by atoms with Gasteiger partial charge in [-0.15, -0.1) is 0 Å². The molecule has 0 aromatic carbocycles. The first-order chi connectivity index (χ1) is 9.73. The number of nitrogens with zero attached hydrogens (tertiary/aromatic N) is 2. The molecule has 0 radical (unpaired) electrons. The smallest absolute Gasteiger partial charge is 0.231 e. The molecule has 0 amide bonds. The van der Waals surface area contributed by atoms with Crippen molar-refractivity contribution in [3.05, 3.63) is 11.7 Å². The molecule has 0 bridgehead atoms. The summed E-state index contributed by atoms with van der Waals surface area (Å²) >= 11 is 0. The van der Waals surface area contributed by atoms with Crippen LogP contribution in [0.5, 0.6) is 0 Å². The third-order valence-corrected chi connectivity index (χ3v) is 4.84. The zero-order valence-electron chi connectivity index (χ0n) is 12.5. The van der Waals surface area contributed by atoms with Gasteiger partial charge in [0.05, 0.1) is 5.92 Å². The first-order valence-electron chi connectivity index (χ1n) is 7.83. The van der Waals surface area contributed by atoms with E-state index in [2.05, 4.69) is 17.4 Å². The maximum atomic E-state index is 5.84. The molecular formula is C15H25N3O2. The Hall–Kier alpha value is -0.940. The summed E-state index contributed by atoms with van der Waals surface area (Å²) < 4.78 is 11.4. The van der Waals surface area contributed by atoms with Crippen LogP contribution in [0.15, 0.2) is 4.52 Å². The van der Waals surface area contributed by atoms with Gasteiger partial charge in [-0.1, -0.05) is 18.5 Å². The van der Waals surface area contributed by atoms with E-state index in [1.54, 1.807) is 7.11 Å². The number of hydrogen-bond acceptors (Lipinski definition) is 5. The van der Waals surface area contributed by atoms with Gasteiger partial charge in [0.1, 0.15) is 5.60 Å². The van der Waals surface area contributed by atoms with Crippen molar-refractivity contribution in [2.45, 2.75) is 57.0 Å². The molecule has 2 heterocycles. The normalized spacial score (nSPS) is 35.1. The highest BCUT2D eigenvalue weighted by atomic mass is 16.5. The fourth-order valence-corrected chi connectivity index (χ4v) is 3.63. The zero-order valence-corrected chi connectivity index (χ0v) is 12.5. The van der Waals surface area contributed by atoms with Crippen LogP contribution in [0.1, 0.15) is 63.1 Å². The van der Waals surface area contributed by atoms with E-state index in [-0.39, 0.29) is 5.60 Å². The maximum absolute atomic E-state index is 5.84. The highest BCUT2D eigenvalue weighted by molar-refractivity contribution is 5.06. The zero-order chi connectivity index (χ0) is 14.0. The molecule has 1 aliphatic heterocycles. The Kier molecular flexibility index (Phi) is 4.08. The summed E-state index contributed by atoms with van der Waals surface area (Å²) in [5.74, 6) is 2.55. The Balaban J connectivity index is 1.80. The highest BCUT2D eigenvalue weighted by Gasteiger charge is 2.41. The molecule has 3 atom stereocenters. The monoisotopic (exact) mass is 279 g/mol. The molecule has 112 valence electrons. The lowest BCUT2D eigenvalue weighted by molar-refractivity contribution is -0.0658. The van der Waals surface area contributed by atoms with Gasteiger partial charge < -0.3 is 14.6 Å². The van der Waals surface area contributed by atoms with Crippen molar-refractivity contribution in [3.63, 3.8) is 0 Å². The number of piperidine rings is 1. The van der Waals surface area contributed by atoms with E-state index in [1.165, 1.54) is 19.3 Å². The minimum absolute atomic E-state index is 0.332. The van der Waals surface area contributed by atoms with Crippen LogP contribution in [0.4, 0.5) is 0 Å². The average molecular weight is 279 g/mol. The van der Waals surface area contributed by atoms with Gasteiger partial charge in [-0.25, -0.2) is 0 Å². The molecule has 2 fully saturated rings. The van der Waals surface area contributed by atoms with Crippen molar-refractivity contribution in [1.29, 1.82) is 0 Å². The summed E-state index contributed by atoms with van der Waals surface area (Å²) in [5, 5.41) is 7.65. The van der Waals surface area contributed by atoms with E-state index in [9.17, 15) is 0 Å². The molecule has 1 saturated heterocycles. The van der Waals surface area contributed by atoms with Crippen LogP contribution in [0.3, 0.4) is 0 Å². The predicted octanol–water partition coefficient (Wildman–Crippen LogP) is 2.59. The van der Waals surface area contributed by atoms with Crippen molar-refractivity contribution in [2.24, 2.45) is 5.92 Å². The Morgan fingerprint density at radius 1 is 1.35 bits per heavy atom. The topological polar surface area (TPSA) is 60.2 Å². The Bertz CT molecular complexity index is 442. The minimum Gasteiger partial charge on any atom is -0.370 e. The molecule has 1 saturated carbocycles. The fraction of sp³-hybridized carbons (Fsp3) is 0.867. The molecule has 20 heavy (non-hydrogen) atoms. The number of ether oxygens (including phenoxy) is 1. The number of hydrogen-bond donors (Lipinski definition) is 1. The molecule has 5 nitrogen and oxygen atoms in total. The summed E-state index contributed by atoms with van der Waals surface area (Å²) in [7, 11) is 1.77. The second-order valence-electron chi connectivity index (χ2n) is 6.40. The van der Waals surface area contributed by atoms with Crippen molar-refractivity contribution >= 4 is 0 Å². The summed E-state index contributed by atoms with van der Waals surface area (Å²) in [6.07, 6.45) is 6.73. The lowest BCUT2D eigenvalue weighted by Crippen LogP contribution is -2.35. The van der Waals surface area contributed by atoms with Crippen LogP contribution in [-0.4, -0.2) is 30.3 Å². The van der Waals surface area contributed by atoms with Gasteiger partial charge in [0, 0.05) is 13.7 Å². The van der Waals surface area contributed by atoms with Gasteiger partial charge in [-0.3, -0.25) is 0 Å². The molecule has 1 aromatic heterocycles. The molecule has 1 aromatic rings. The lowest BCUT2D eigenvalue weighted by Gasteiger charge is -2.36. The van der Waals surface area contributed by atoms with E-state index in [1.807, 2.05) is 0 Å². The SMILES string of the molecule is COC1(c2noc([C@H]3CCCNC3)n2)CCCC(C)C1. The van der Waals surface area contributed by atoms with Crippen molar-refractivity contribution in [1.82, 2.24) is 15.5 Å². The largest absolute Gasteiger partial charge is 0.370 e. The predicted molar refractivity (Wildman–Crippen MR) is 75.5 cm³/mol. The van der Waals surface area contributed by atoms with Gasteiger partial charge in [-0.2, -0.15) is 4.98 Å². The summed E-state index contributed by atoms with van der Waals surface area (Å²) in [4.78, 5) is 4.69. The van der Waals surface area contributed by atoms with E-state index in [0.29, 0.717) is 11.8 Å². The van der Waals surface area contributed by atoms with Crippen LogP contribution in [-0.2, 0) is 10.3 Å². The summed E-state index contributed by atoms with van der Waals surface area (Å²) in [5.41, 5.74) is -0.332. The van der Waals surface area contributed by atoms with Crippen LogP contribution in [0.25, 0.3) is 0 Å². The standard InChI is InChI=1S/C15H25N3O2/c1-11-5-3-7-15(9-11,19-2)14-17-13(20-18-14)12-6-4-8-16-10-12/h11-12,16H,3-10H2,1-2H3/t11?,12-,15?/m0/s1. The van der Waals surface area contributed by atoms with Crippen LogP contribution in [0.2, 0.25) is 0 Å². The quantitative estimate of drug-likeness (QED) is 0.921. The van der Waals surface area contributed by atoms with Gasteiger partial charge >= 0.3 is 0 Å². The first-order valence-corrected chi connectivity index (χ1v) is 7.83. The fourth-order valence-electron chi connectivity index (χ4n) is 3.63. The molecule has 5 heteroatoms. The van der Waals surface area contributed by atoms with Gasteiger partial charge in [0.15, 0.2) is 0 Å². The summed E-state index contributed by atoms with van der Waals surface area (Å²) in [6.45, 7) is 4.31. The molecular weight excluding hydrogens is 254 g/mol. The van der Waals surface area contributed by atoms with Gasteiger partial charge in [0.25, 0.3) is 0 Å². The number of rotatable bonds is 3. The van der Waals surface area contributed by atoms with Crippen LogP contribution < -0.4 is 5.32 Å². The van der Waals surface area contributed by atoms with E-state index >= 15 is 0 Å². The van der Waals surface area contributed by atoms with Crippen LogP contribution in [0, 0.1) is 5.92 Å². The molecule has 3 rings (SSSR count). The molecule has 2 aliphatic rings. The van der Waals surface area contributed by atoms with Gasteiger partial charge in [0.2, 0.25) is 11.7 Å². The highest BCUT2D eigenvalue weighted by Crippen LogP contribution is 2.41. The van der Waals surface area contributed by atoms with E-state index < -0.39 is 0 Å². The third kappa shape index (κ3) is 2.61. The Morgan fingerprint density at radius 2 is 2.25 bits per heavy atom. The molecule has 1 aliphatic carbocycles. The average Bonchev–Trinajstić information content (AvgIpc) is 2.98. The maximum Gasteiger partial charge on any atom is 0.231 e. The first kappa shape index (κ1) is 14.0. The summed E-state index contributed by atoms with van der Waals surface area (Å²) in [6, 6.07) is 0. The van der Waals surface area contributed by atoms with Crippen molar-refractivity contribution < 1.29 is 9.26 Å². The lowest BCUT2D eigenvalue weighted by atomic mass is 9.78. The van der Waals surface area contributed by atoms with Crippen LogP contribution >= 0.6 is 0 Å². The van der Waals surface area contributed by atoms with E-state index in [4.69, 9.17) is 14.2 Å². The number of nitrogens with one attached hydrogen (secondary N) is 1.